The van der Waals surface area contributed by atoms with E-state index in [4.69, 9.17) is 12.2 Å². The van der Waals surface area contributed by atoms with E-state index >= 15 is 0 Å². The van der Waals surface area contributed by atoms with Crippen LogP contribution in [0.3, 0.4) is 0 Å². The SMILES string of the molecule is Cc1cc(N2CCCC2)nc(NC(=S)NCc2ccc(N3CCCC3)cc2)n1. The lowest BCUT2D eigenvalue weighted by Gasteiger charge is -2.18. The van der Waals surface area contributed by atoms with Crippen LogP contribution in [0.1, 0.15) is 36.9 Å². The van der Waals surface area contributed by atoms with Gasteiger partial charge in [0, 0.05) is 50.2 Å². The Morgan fingerprint density at radius 3 is 2.29 bits per heavy atom. The zero-order valence-electron chi connectivity index (χ0n) is 16.4. The Morgan fingerprint density at radius 2 is 1.61 bits per heavy atom. The molecule has 3 heterocycles. The Hall–Kier alpha value is -2.41. The molecule has 0 aliphatic carbocycles. The van der Waals surface area contributed by atoms with Crippen LogP contribution in [0.25, 0.3) is 0 Å². The first-order chi connectivity index (χ1) is 13.7. The van der Waals surface area contributed by atoms with Gasteiger partial charge < -0.3 is 20.4 Å². The molecular formula is C21H28N6S. The summed E-state index contributed by atoms with van der Waals surface area (Å²) < 4.78 is 0. The van der Waals surface area contributed by atoms with Gasteiger partial charge >= 0.3 is 0 Å². The normalized spacial score (nSPS) is 16.5. The summed E-state index contributed by atoms with van der Waals surface area (Å²) in [7, 11) is 0. The molecule has 1 aromatic heterocycles. The number of nitrogens with zero attached hydrogens (tertiary/aromatic N) is 4. The van der Waals surface area contributed by atoms with Crippen molar-refractivity contribution >= 4 is 34.8 Å². The first-order valence-electron chi connectivity index (χ1n) is 10.2. The van der Waals surface area contributed by atoms with Crippen molar-refractivity contribution in [2.45, 2.75) is 39.2 Å². The predicted molar refractivity (Wildman–Crippen MR) is 119 cm³/mol. The van der Waals surface area contributed by atoms with Gasteiger partial charge in [-0.25, -0.2) is 4.98 Å². The van der Waals surface area contributed by atoms with Crippen LogP contribution in [0.5, 0.6) is 0 Å². The fraction of sp³-hybridized carbons (Fsp3) is 0.476. The van der Waals surface area contributed by atoms with Gasteiger partial charge in [0.1, 0.15) is 5.82 Å². The maximum absolute atomic E-state index is 5.45. The highest BCUT2D eigenvalue weighted by Crippen LogP contribution is 2.21. The van der Waals surface area contributed by atoms with E-state index in [0.717, 1.165) is 24.6 Å². The Balaban J connectivity index is 1.31. The second-order valence-corrected chi connectivity index (χ2v) is 7.96. The van der Waals surface area contributed by atoms with Gasteiger partial charge in [-0.1, -0.05) is 12.1 Å². The first-order valence-corrected chi connectivity index (χ1v) is 10.6. The molecular weight excluding hydrogens is 368 g/mol. The molecule has 28 heavy (non-hydrogen) atoms. The van der Waals surface area contributed by atoms with Gasteiger partial charge in [-0.3, -0.25) is 0 Å². The number of aryl methyl sites for hydroxylation is 1. The number of anilines is 3. The van der Waals surface area contributed by atoms with Crippen LogP contribution in [0, 0.1) is 6.92 Å². The second-order valence-electron chi connectivity index (χ2n) is 7.55. The van der Waals surface area contributed by atoms with Crippen molar-refractivity contribution in [3.63, 3.8) is 0 Å². The molecule has 0 spiro atoms. The Morgan fingerprint density at radius 1 is 0.964 bits per heavy atom. The van der Waals surface area contributed by atoms with Crippen molar-refractivity contribution in [3.8, 4) is 0 Å². The fourth-order valence-corrected chi connectivity index (χ4v) is 4.01. The number of rotatable bonds is 5. The molecule has 0 saturated carbocycles. The van der Waals surface area contributed by atoms with E-state index in [-0.39, 0.29) is 0 Å². The topological polar surface area (TPSA) is 56.3 Å². The Kier molecular flexibility index (Phi) is 5.90. The Labute approximate surface area is 172 Å². The average molecular weight is 397 g/mol. The fourth-order valence-electron chi connectivity index (χ4n) is 3.84. The molecule has 0 radical (unpaired) electrons. The molecule has 2 N–H and O–H groups in total. The summed E-state index contributed by atoms with van der Waals surface area (Å²) in [5.74, 6) is 1.54. The lowest BCUT2D eigenvalue weighted by atomic mass is 10.2. The standard InChI is InChI=1S/C21H28N6S/c1-16-14-19(27-12-4-5-13-27)24-20(23-16)25-21(28)22-15-17-6-8-18(9-7-17)26-10-2-3-11-26/h6-9,14H,2-5,10-13,15H2,1H3,(H2,22,23,24,25,28). The molecule has 0 unspecified atom stereocenters. The molecule has 2 saturated heterocycles. The lowest BCUT2D eigenvalue weighted by Crippen LogP contribution is -2.29. The van der Waals surface area contributed by atoms with Gasteiger partial charge in [0.05, 0.1) is 0 Å². The molecule has 0 atom stereocenters. The second kappa shape index (κ2) is 8.73. The predicted octanol–water partition coefficient (Wildman–Crippen LogP) is 3.47. The van der Waals surface area contributed by atoms with Crippen molar-refractivity contribution in [2.75, 3.05) is 41.3 Å². The maximum atomic E-state index is 5.45. The van der Waals surface area contributed by atoms with Gasteiger partial charge in [0.2, 0.25) is 5.95 Å². The molecule has 1 aromatic carbocycles. The first kappa shape index (κ1) is 18.9. The van der Waals surface area contributed by atoms with E-state index in [0.29, 0.717) is 17.6 Å². The summed E-state index contributed by atoms with van der Waals surface area (Å²) in [4.78, 5) is 13.9. The highest BCUT2D eigenvalue weighted by atomic mass is 32.1. The smallest absolute Gasteiger partial charge is 0.231 e. The Bertz CT molecular complexity index is 810. The van der Waals surface area contributed by atoms with Gasteiger partial charge in [-0.2, -0.15) is 4.98 Å². The minimum absolute atomic E-state index is 0.543. The highest BCUT2D eigenvalue weighted by Gasteiger charge is 2.15. The lowest BCUT2D eigenvalue weighted by molar-refractivity contribution is 0.909. The van der Waals surface area contributed by atoms with Gasteiger partial charge in [-0.05, 0) is 62.5 Å². The summed E-state index contributed by atoms with van der Waals surface area (Å²) in [5.41, 5.74) is 3.46. The quantitative estimate of drug-likeness (QED) is 0.751. The number of aromatic nitrogens is 2. The molecule has 0 amide bonds. The molecule has 2 aromatic rings. The van der Waals surface area contributed by atoms with Crippen molar-refractivity contribution in [1.82, 2.24) is 15.3 Å². The van der Waals surface area contributed by atoms with Gasteiger partial charge in [0.25, 0.3) is 0 Å². The molecule has 6 nitrogen and oxygen atoms in total. The minimum Gasteiger partial charge on any atom is -0.372 e. The summed E-state index contributed by atoms with van der Waals surface area (Å²) in [6, 6.07) is 10.8. The van der Waals surface area contributed by atoms with Crippen LogP contribution >= 0.6 is 12.2 Å². The molecule has 2 aliphatic rings. The number of nitrogens with one attached hydrogen (secondary N) is 2. The zero-order chi connectivity index (χ0) is 19.3. The number of benzene rings is 1. The van der Waals surface area contributed by atoms with Crippen molar-refractivity contribution in [3.05, 3.63) is 41.6 Å². The van der Waals surface area contributed by atoms with Crippen LogP contribution in [0.15, 0.2) is 30.3 Å². The molecule has 7 heteroatoms. The van der Waals surface area contributed by atoms with Crippen LogP contribution < -0.4 is 20.4 Å². The summed E-state index contributed by atoms with van der Waals surface area (Å²) >= 11 is 5.45. The number of hydrogen-bond acceptors (Lipinski definition) is 5. The van der Waals surface area contributed by atoms with Crippen LogP contribution in [0.4, 0.5) is 17.5 Å². The van der Waals surface area contributed by atoms with E-state index in [1.165, 1.54) is 50.0 Å². The summed E-state index contributed by atoms with van der Waals surface area (Å²) in [6.45, 7) is 7.13. The average Bonchev–Trinajstić information content (AvgIpc) is 3.40. The van der Waals surface area contributed by atoms with E-state index in [1.54, 1.807) is 0 Å². The highest BCUT2D eigenvalue weighted by molar-refractivity contribution is 7.80. The number of hydrogen-bond donors (Lipinski definition) is 2. The summed E-state index contributed by atoms with van der Waals surface area (Å²) in [5, 5.41) is 6.94. The van der Waals surface area contributed by atoms with Gasteiger partial charge in [0.15, 0.2) is 5.11 Å². The van der Waals surface area contributed by atoms with E-state index < -0.39 is 0 Å². The number of thiocarbonyl (C=S) groups is 1. The van der Waals surface area contributed by atoms with Crippen LogP contribution in [0.2, 0.25) is 0 Å². The van der Waals surface area contributed by atoms with Crippen LogP contribution in [-0.4, -0.2) is 41.3 Å². The van der Waals surface area contributed by atoms with Gasteiger partial charge in [-0.15, -0.1) is 0 Å². The third-order valence-electron chi connectivity index (χ3n) is 5.36. The minimum atomic E-state index is 0.543. The van der Waals surface area contributed by atoms with Crippen molar-refractivity contribution in [1.29, 1.82) is 0 Å². The molecule has 2 aliphatic heterocycles. The van der Waals surface area contributed by atoms with Crippen molar-refractivity contribution in [2.24, 2.45) is 0 Å². The van der Waals surface area contributed by atoms with Crippen molar-refractivity contribution < 1.29 is 0 Å². The molecule has 148 valence electrons. The van der Waals surface area contributed by atoms with E-state index in [9.17, 15) is 0 Å². The largest absolute Gasteiger partial charge is 0.372 e. The van der Waals surface area contributed by atoms with E-state index in [2.05, 4.69) is 54.7 Å². The summed E-state index contributed by atoms with van der Waals surface area (Å²) in [6.07, 6.45) is 5.04. The maximum Gasteiger partial charge on any atom is 0.231 e. The van der Waals surface area contributed by atoms with Crippen LogP contribution in [-0.2, 0) is 6.54 Å². The monoisotopic (exact) mass is 396 g/mol. The third-order valence-corrected chi connectivity index (χ3v) is 5.60. The zero-order valence-corrected chi connectivity index (χ0v) is 17.3. The third kappa shape index (κ3) is 4.70. The van der Waals surface area contributed by atoms with E-state index in [1.807, 2.05) is 13.0 Å². The molecule has 0 bridgehead atoms. The molecule has 4 rings (SSSR count). The molecule has 2 fully saturated rings.